The molecule has 0 saturated heterocycles. The highest BCUT2D eigenvalue weighted by molar-refractivity contribution is 7.92. The molecule has 37 heavy (non-hydrogen) atoms. The minimum atomic E-state index is -3.56. The number of methoxy groups -OCH3 is 1. The van der Waals surface area contributed by atoms with Crippen molar-refractivity contribution in [2.75, 3.05) is 24.2 Å². The van der Waals surface area contributed by atoms with Crippen molar-refractivity contribution < 1.29 is 22.7 Å². The van der Waals surface area contributed by atoms with E-state index in [2.05, 4.69) is 5.32 Å². The monoisotopic (exact) mass is 531 g/mol. The minimum Gasteiger partial charge on any atom is -0.497 e. The Morgan fingerprint density at radius 3 is 2.27 bits per heavy atom. The van der Waals surface area contributed by atoms with Crippen LogP contribution in [0.2, 0.25) is 0 Å². The molecule has 0 fully saturated rings. The van der Waals surface area contributed by atoms with E-state index >= 15 is 0 Å². The molecule has 2 atom stereocenters. The zero-order valence-corrected chi connectivity index (χ0v) is 23.7. The van der Waals surface area contributed by atoms with Gasteiger partial charge in [-0.1, -0.05) is 43.7 Å². The SMILES string of the molecule is CC[C@@H](C)NC(=O)[C@@H](CC)N(Cc1cccc(C)c1)C(=O)CCCN(c1ccc(OC)cc1)S(C)(=O)=O. The van der Waals surface area contributed by atoms with Crippen molar-refractivity contribution in [1.29, 1.82) is 0 Å². The van der Waals surface area contributed by atoms with Gasteiger partial charge in [-0.2, -0.15) is 0 Å². The number of ether oxygens (including phenoxy) is 1. The van der Waals surface area contributed by atoms with Crippen LogP contribution in [0.3, 0.4) is 0 Å². The molecule has 0 aliphatic carbocycles. The third kappa shape index (κ3) is 9.07. The number of amides is 2. The highest BCUT2D eigenvalue weighted by Gasteiger charge is 2.29. The molecular weight excluding hydrogens is 490 g/mol. The zero-order valence-electron chi connectivity index (χ0n) is 22.9. The summed E-state index contributed by atoms with van der Waals surface area (Å²) in [5.74, 6) is 0.269. The van der Waals surface area contributed by atoms with Crippen LogP contribution in [0.1, 0.15) is 57.6 Å². The van der Waals surface area contributed by atoms with Gasteiger partial charge in [-0.05, 0) is 62.9 Å². The van der Waals surface area contributed by atoms with Gasteiger partial charge in [0.15, 0.2) is 0 Å². The fraction of sp³-hybridized carbons (Fsp3) is 0.500. The van der Waals surface area contributed by atoms with Crippen LogP contribution >= 0.6 is 0 Å². The Morgan fingerprint density at radius 1 is 1.05 bits per heavy atom. The first-order chi connectivity index (χ1) is 17.5. The Bertz CT molecular complexity index is 1130. The largest absolute Gasteiger partial charge is 0.497 e. The standard InChI is InChI=1S/C28H41N3O5S/c1-7-22(4)29-28(33)26(8-2)30(20-23-12-9-11-21(3)19-23)27(32)13-10-18-31(37(6,34)35)24-14-16-25(36-5)17-15-24/h9,11-12,14-17,19,22,26H,7-8,10,13,18,20H2,1-6H3,(H,29,33)/t22-,26-/m1/s1. The number of carbonyl (C=O) groups is 2. The Labute approximate surface area is 222 Å². The molecule has 0 aliphatic rings. The molecule has 8 nitrogen and oxygen atoms in total. The Kier molecular flexibility index (Phi) is 11.4. The van der Waals surface area contributed by atoms with Crippen molar-refractivity contribution in [2.45, 2.75) is 72.0 Å². The highest BCUT2D eigenvalue weighted by Crippen LogP contribution is 2.22. The van der Waals surface area contributed by atoms with Gasteiger partial charge in [0.25, 0.3) is 0 Å². The van der Waals surface area contributed by atoms with E-state index in [-0.39, 0.29) is 30.8 Å². The summed E-state index contributed by atoms with van der Waals surface area (Å²) in [6, 6.07) is 14.0. The topological polar surface area (TPSA) is 96.0 Å². The molecule has 0 unspecified atom stereocenters. The smallest absolute Gasteiger partial charge is 0.243 e. The van der Waals surface area contributed by atoms with Crippen LogP contribution in [0.4, 0.5) is 5.69 Å². The van der Waals surface area contributed by atoms with Crippen LogP contribution in [0.25, 0.3) is 0 Å². The van der Waals surface area contributed by atoms with E-state index in [1.807, 2.05) is 52.0 Å². The molecule has 0 spiro atoms. The van der Waals surface area contributed by atoms with Crippen molar-refractivity contribution in [3.8, 4) is 5.75 Å². The molecule has 1 N–H and O–H groups in total. The normalized spacial score (nSPS) is 12.9. The molecule has 2 aromatic carbocycles. The molecule has 0 bridgehead atoms. The van der Waals surface area contributed by atoms with Gasteiger partial charge in [0, 0.05) is 25.6 Å². The number of hydrogen-bond acceptors (Lipinski definition) is 5. The number of nitrogens with one attached hydrogen (secondary N) is 1. The molecular formula is C28H41N3O5S. The molecule has 9 heteroatoms. The number of carbonyl (C=O) groups excluding carboxylic acids is 2. The molecule has 0 radical (unpaired) electrons. The van der Waals surface area contributed by atoms with Crippen molar-refractivity contribution >= 4 is 27.5 Å². The fourth-order valence-corrected chi connectivity index (χ4v) is 5.09. The lowest BCUT2D eigenvalue weighted by molar-refractivity contribution is -0.141. The fourth-order valence-electron chi connectivity index (χ4n) is 4.12. The number of hydrogen-bond donors (Lipinski definition) is 1. The highest BCUT2D eigenvalue weighted by atomic mass is 32.2. The lowest BCUT2D eigenvalue weighted by Gasteiger charge is -2.32. The van der Waals surface area contributed by atoms with Crippen LogP contribution < -0.4 is 14.4 Å². The van der Waals surface area contributed by atoms with Gasteiger partial charge >= 0.3 is 0 Å². The number of anilines is 1. The Hall–Kier alpha value is -3.07. The summed E-state index contributed by atoms with van der Waals surface area (Å²) in [5, 5.41) is 3.01. The van der Waals surface area contributed by atoms with Crippen LogP contribution in [0.15, 0.2) is 48.5 Å². The first-order valence-electron chi connectivity index (χ1n) is 12.8. The van der Waals surface area contributed by atoms with Crippen molar-refractivity contribution in [3.63, 3.8) is 0 Å². The number of rotatable bonds is 14. The first-order valence-corrected chi connectivity index (χ1v) is 14.6. The summed E-state index contributed by atoms with van der Waals surface area (Å²) >= 11 is 0. The molecule has 2 amide bonds. The summed E-state index contributed by atoms with van der Waals surface area (Å²) in [4.78, 5) is 28.2. The van der Waals surface area contributed by atoms with Crippen molar-refractivity contribution in [1.82, 2.24) is 10.2 Å². The summed E-state index contributed by atoms with van der Waals surface area (Å²) in [6.07, 6.45) is 2.84. The first kappa shape index (κ1) is 30.2. The summed E-state index contributed by atoms with van der Waals surface area (Å²) in [5.41, 5.74) is 2.52. The van der Waals surface area contributed by atoms with Gasteiger partial charge in [0.05, 0.1) is 19.1 Å². The van der Waals surface area contributed by atoms with Gasteiger partial charge in [0.2, 0.25) is 21.8 Å². The predicted molar refractivity (Wildman–Crippen MR) is 148 cm³/mol. The van der Waals surface area contributed by atoms with Gasteiger partial charge in [0.1, 0.15) is 11.8 Å². The van der Waals surface area contributed by atoms with E-state index in [1.54, 1.807) is 36.3 Å². The van der Waals surface area contributed by atoms with E-state index in [1.165, 1.54) is 4.31 Å². The maximum absolute atomic E-state index is 13.5. The third-order valence-corrected chi connectivity index (χ3v) is 7.53. The number of benzene rings is 2. The number of sulfonamides is 1. The summed E-state index contributed by atoms with van der Waals surface area (Å²) in [6.45, 7) is 8.27. The number of nitrogens with zero attached hydrogens (tertiary/aromatic N) is 2. The second-order valence-corrected chi connectivity index (χ2v) is 11.3. The van der Waals surface area contributed by atoms with Crippen LogP contribution in [-0.4, -0.2) is 57.1 Å². The van der Waals surface area contributed by atoms with E-state index in [0.29, 0.717) is 30.8 Å². The van der Waals surface area contributed by atoms with Gasteiger partial charge in [-0.25, -0.2) is 8.42 Å². The molecule has 0 aliphatic heterocycles. The van der Waals surface area contributed by atoms with Crippen molar-refractivity contribution in [3.05, 3.63) is 59.7 Å². The van der Waals surface area contributed by atoms with E-state index in [4.69, 9.17) is 4.74 Å². The Balaban J connectivity index is 2.22. The van der Waals surface area contributed by atoms with Crippen molar-refractivity contribution in [2.24, 2.45) is 0 Å². The van der Waals surface area contributed by atoms with E-state index in [9.17, 15) is 18.0 Å². The molecule has 2 rings (SSSR count). The van der Waals surface area contributed by atoms with Crippen LogP contribution in [0.5, 0.6) is 5.75 Å². The minimum absolute atomic E-state index is 0.00490. The van der Waals surface area contributed by atoms with Crippen LogP contribution in [0, 0.1) is 6.92 Å². The third-order valence-electron chi connectivity index (χ3n) is 6.33. The van der Waals surface area contributed by atoms with Gasteiger partial charge in [-0.3, -0.25) is 13.9 Å². The molecule has 0 heterocycles. The summed E-state index contributed by atoms with van der Waals surface area (Å²) < 4.78 is 31.4. The molecule has 204 valence electrons. The quantitative estimate of drug-likeness (QED) is 0.393. The van der Waals surface area contributed by atoms with Gasteiger partial charge in [-0.15, -0.1) is 0 Å². The second kappa shape index (κ2) is 14.0. The molecule has 2 aromatic rings. The predicted octanol–water partition coefficient (Wildman–Crippen LogP) is 4.27. The molecule has 0 saturated carbocycles. The maximum Gasteiger partial charge on any atom is 0.243 e. The van der Waals surface area contributed by atoms with E-state index < -0.39 is 16.1 Å². The number of aryl methyl sites for hydroxylation is 1. The maximum atomic E-state index is 13.5. The van der Waals surface area contributed by atoms with Gasteiger partial charge < -0.3 is 15.0 Å². The lowest BCUT2D eigenvalue weighted by atomic mass is 10.1. The van der Waals surface area contributed by atoms with E-state index in [0.717, 1.165) is 23.8 Å². The zero-order chi connectivity index (χ0) is 27.6. The lowest BCUT2D eigenvalue weighted by Crippen LogP contribution is -2.50. The second-order valence-electron chi connectivity index (χ2n) is 9.39. The molecule has 0 aromatic heterocycles. The average Bonchev–Trinajstić information content (AvgIpc) is 2.85. The Morgan fingerprint density at radius 2 is 1.73 bits per heavy atom. The summed E-state index contributed by atoms with van der Waals surface area (Å²) in [7, 11) is -2.01. The average molecular weight is 532 g/mol. The van der Waals surface area contributed by atoms with Crippen LogP contribution in [-0.2, 0) is 26.2 Å².